The Bertz CT molecular complexity index is 2240. The number of benzene rings is 1. The predicted molar refractivity (Wildman–Crippen MR) is 228 cm³/mol. The molecular formula is C44H53ClN8O7. The fourth-order valence-electron chi connectivity index (χ4n) is 7.34. The van der Waals surface area contributed by atoms with Crippen molar-refractivity contribution in [3.05, 3.63) is 82.3 Å². The summed E-state index contributed by atoms with van der Waals surface area (Å²) >= 11 is 7.10. The molecule has 3 N–H and O–H groups in total. The minimum Gasteiger partial charge on any atom is -0.496 e. The molecular weight excluding hydrogens is 788 g/mol. The summed E-state index contributed by atoms with van der Waals surface area (Å²) in [6.07, 6.45) is 5.53. The Labute approximate surface area is 355 Å². The number of amides is 4. The van der Waals surface area contributed by atoms with Gasteiger partial charge in [0.25, 0.3) is 5.91 Å². The number of nitrogens with one attached hydrogen (secondary N) is 3. The summed E-state index contributed by atoms with van der Waals surface area (Å²) in [5.74, 6) is 0.483. The van der Waals surface area contributed by atoms with Crippen LogP contribution in [0.3, 0.4) is 0 Å². The van der Waals surface area contributed by atoms with E-state index in [0.29, 0.717) is 69.8 Å². The van der Waals surface area contributed by atoms with E-state index in [2.05, 4.69) is 25.9 Å². The summed E-state index contributed by atoms with van der Waals surface area (Å²) in [5.41, 5.74) is 4.56. The molecule has 2 saturated heterocycles. The first-order chi connectivity index (χ1) is 28.6. The number of hydrogen-bond acceptors (Lipinski definition) is 11. The topological polar surface area (TPSA) is 177 Å². The average molecular weight is 841 g/mol. The predicted octanol–water partition coefficient (Wildman–Crippen LogP) is 6.55. The zero-order valence-electron chi connectivity index (χ0n) is 35.2. The maximum absolute atomic E-state index is 13.6. The minimum absolute atomic E-state index is 0.0441. The van der Waals surface area contributed by atoms with Gasteiger partial charge in [0.15, 0.2) is 0 Å². The number of rotatable bonds is 13. The van der Waals surface area contributed by atoms with Crippen molar-refractivity contribution >= 4 is 41.1 Å². The fraction of sp³-hybridized carbons (Fsp3) is 0.432. The van der Waals surface area contributed by atoms with Gasteiger partial charge in [0.05, 0.1) is 37.2 Å². The summed E-state index contributed by atoms with van der Waals surface area (Å²) in [6.45, 7) is 11.2. The fourth-order valence-corrected chi connectivity index (χ4v) is 7.65. The van der Waals surface area contributed by atoms with Gasteiger partial charge in [-0.1, -0.05) is 23.7 Å². The lowest BCUT2D eigenvalue weighted by Crippen LogP contribution is -2.44. The van der Waals surface area contributed by atoms with Crippen molar-refractivity contribution in [2.24, 2.45) is 0 Å². The van der Waals surface area contributed by atoms with Gasteiger partial charge in [-0.25, -0.2) is 9.78 Å². The third-order valence-electron chi connectivity index (χ3n) is 10.6. The molecule has 4 aromatic rings. The molecule has 3 aromatic heterocycles. The van der Waals surface area contributed by atoms with Gasteiger partial charge in [0.2, 0.25) is 17.7 Å². The van der Waals surface area contributed by atoms with Crippen LogP contribution in [0.5, 0.6) is 11.6 Å². The average Bonchev–Trinajstić information content (AvgIpc) is 3.64. The second kappa shape index (κ2) is 19.1. The highest BCUT2D eigenvalue weighted by Crippen LogP contribution is 2.38. The zero-order chi connectivity index (χ0) is 43.1. The van der Waals surface area contributed by atoms with E-state index in [9.17, 15) is 19.2 Å². The van der Waals surface area contributed by atoms with E-state index in [-0.39, 0.29) is 42.7 Å². The molecule has 2 aliphatic rings. The molecule has 15 nitrogen and oxygen atoms in total. The smallest absolute Gasteiger partial charge is 0.410 e. The number of piperidine rings is 1. The molecule has 0 aliphatic carbocycles. The molecule has 4 amide bonds. The normalized spacial score (nSPS) is 15.6. The molecule has 0 spiro atoms. The highest BCUT2D eigenvalue weighted by atomic mass is 35.5. The third-order valence-corrected chi connectivity index (χ3v) is 11.0. The van der Waals surface area contributed by atoms with Crippen LogP contribution in [-0.2, 0) is 27.4 Å². The molecule has 2 fully saturated rings. The number of halogens is 1. The number of pyridine rings is 3. The van der Waals surface area contributed by atoms with E-state index in [0.717, 1.165) is 37.1 Å². The number of likely N-dealkylation sites (tertiary alicyclic amines) is 1. The standard InChI is InChI=1S/C44H53ClN8O7/c1-26-32(9-8-10-34(26)50-41(56)36-21-37(58-6)29(23-48-36)22-47-30-16-19-52(20-17-30)27(2)54)40-39(45)33(15-18-46-40)35-13-11-28(42(51-35)59-7)24-53(43(57)60-44(3,4)5)25-31-12-14-38(55)49-31/h8-11,13,15,18,21,23,30-31,47H,12,14,16-17,19-20,22,24-25H2,1-7H3,(H,49,55)(H,50,56)/t31-/m0/s1. The van der Waals surface area contributed by atoms with Gasteiger partial charge in [-0.15, -0.1) is 0 Å². The third kappa shape index (κ3) is 10.7. The molecule has 2 aliphatic heterocycles. The van der Waals surface area contributed by atoms with Crippen LogP contribution >= 0.6 is 11.6 Å². The number of hydrogen-bond donors (Lipinski definition) is 3. The summed E-state index contributed by atoms with van der Waals surface area (Å²) in [6, 6.07) is 12.6. The summed E-state index contributed by atoms with van der Waals surface area (Å²) < 4.78 is 17.1. The first kappa shape index (κ1) is 43.8. The van der Waals surface area contributed by atoms with Crippen molar-refractivity contribution in [1.29, 1.82) is 0 Å². The van der Waals surface area contributed by atoms with E-state index in [4.69, 9.17) is 30.8 Å². The van der Waals surface area contributed by atoms with Crippen LogP contribution in [0.2, 0.25) is 5.02 Å². The van der Waals surface area contributed by atoms with Crippen LogP contribution in [0.4, 0.5) is 10.5 Å². The monoisotopic (exact) mass is 840 g/mol. The Morgan fingerprint density at radius 2 is 1.77 bits per heavy atom. The molecule has 0 bridgehead atoms. The number of nitrogens with zero attached hydrogens (tertiary/aromatic N) is 5. The molecule has 6 rings (SSSR count). The lowest BCUT2D eigenvalue weighted by molar-refractivity contribution is -0.130. The van der Waals surface area contributed by atoms with Crippen molar-refractivity contribution in [2.45, 2.75) is 91.1 Å². The lowest BCUT2D eigenvalue weighted by Gasteiger charge is -2.31. The molecule has 0 radical (unpaired) electrons. The number of aromatic nitrogens is 3. The van der Waals surface area contributed by atoms with Gasteiger partial charge >= 0.3 is 6.09 Å². The summed E-state index contributed by atoms with van der Waals surface area (Å²) in [7, 11) is 3.07. The van der Waals surface area contributed by atoms with Crippen molar-refractivity contribution in [1.82, 2.24) is 35.4 Å². The summed E-state index contributed by atoms with van der Waals surface area (Å²) in [5, 5.41) is 9.79. The minimum atomic E-state index is -0.715. The molecule has 318 valence electrons. The van der Waals surface area contributed by atoms with Gasteiger partial charge < -0.3 is 40.0 Å². The molecule has 1 atom stereocenters. The number of anilines is 1. The van der Waals surface area contributed by atoms with Crippen molar-refractivity contribution in [3.63, 3.8) is 0 Å². The van der Waals surface area contributed by atoms with Gasteiger partial charge in [0, 0.05) is 98.0 Å². The number of ether oxygens (including phenoxy) is 3. The van der Waals surface area contributed by atoms with E-state index in [1.165, 1.54) is 7.11 Å². The molecule has 0 unspecified atom stereocenters. The van der Waals surface area contributed by atoms with Crippen molar-refractivity contribution < 1.29 is 33.4 Å². The SMILES string of the molecule is COc1cc(C(=O)Nc2cccc(-c3nccc(-c4ccc(CN(C[C@@H]5CCC(=O)N5)C(=O)OC(C)(C)C)c(OC)n4)c3Cl)c2C)ncc1CNC1CCN(C(C)=O)CC1. The van der Waals surface area contributed by atoms with Gasteiger partial charge in [-0.2, -0.15) is 0 Å². The van der Waals surface area contributed by atoms with Crippen LogP contribution in [0.25, 0.3) is 22.5 Å². The van der Waals surface area contributed by atoms with Crippen molar-refractivity contribution in [3.8, 4) is 34.1 Å². The van der Waals surface area contributed by atoms with E-state index in [1.807, 2.05) is 30.0 Å². The van der Waals surface area contributed by atoms with Crippen LogP contribution in [-0.4, -0.2) is 100 Å². The number of carbonyl (C=O) groups is 4. The van der Waals surface area contributed by atoms with E-state index in [1.54, 1.807) is 76.4 Å². The van der Waals surface area contributed by atoms with Gasteiger partial charge in [-0.05, 0) is 76.8 Å². The number of methoxy groups -OCH3 is 2. The molecule has 60 heavy (non-hydrogen) atoms. The van der Waals surface area contributed by atoms with E-state index >= 15 is 0 Å². The van der Waals surface area contributed by atoms with Crippen molar-refractivity contribution in [2.75, 3.05) is 39.2 Å². The van der Waals surface area contributed by atoms with Crippen LogP contribution in [0.1, 0.15) is 80.6 Å². The molecule has 0 saturated carbocycles. The van der Waals surface area contributed by atoms with Gasteiger partial charge in [-0.3, -0.25) is 24.4 Å². The first-order valence-electron chi connectivity index (χ1n) is 20.0. The van der Waals surface area contributed by atoms with Crippen LogP contribution < -0.4 is 25.4 Å². The molecule has 16 heteroatoms. The van der Waals surface area contributed by atoms with E-state index < -0.39 is 17.6 Å². The first-order valence-corrected chi connectivity index (χ1v) is 20.4. The Kier molecular flexibility index (Phi) is 13.9. The van der Waals surface area contributed by atoms with Crippen LogP contribution in [0.15, 0.2) is 54.9 Å². The Morgan fingerprint density at radius 3 is 2.43 bits per heavy atom. The molecule has 5 heterocycles. The lowest BCUT2D eigenvalue weighted by atomic mass is 10.0. The summed E-state index contributed by atoms with van der Waals surface area (Å²) in [4.78, 5) is 67.8. The highest BCUT2D eigenvalue weighted by Gasteiger charge is 2.30. The Morgan fingerprint density at radius 1 is 1.00 bits per heavy atom. The number of carbonyl (C=O) groups excluding carboxylic acids is 4. The van der Waals surface area contributed by atoms with Crippen LogP contribution in [0, 0.1) is 6.92 Å². The molecule has 1 aromatic carbocycles. The quantitative estimate of drug-likeness (QED) is 0.133. The maximum atomic E-state index is 13.6. The second-order valence-electron chi connectivity index (χ2n) is 16.0. The highest BCUT2D eigenvalue weighted by molar-refractivity contribution is 6.35. The van der Waals surface area contributed by atoms with Gasteiger partial charge in [0.1, 0.15) is 17.0 Å². The maximum Gasteiger partial charge on any atom is 0.410 e. The largest absolute Gasteiger partial charge is 0.496 e. The second-order valence-corrected chi connectivity index (χ2v) is 16.4. The Balaban J connectivity index is 1.17. The zero-order valence-corrected chi connectivity index (χ0v) is 35.9. The Hall–Kier alpha value is -5.80.